The molecule has 2 N–H and O–H groups in total. The maximum Gasteiger partial charge on any atom is 0.410 e. The zero-order chi connectivity index (χ0) is 17.0. The van der Waals surface area contributed by atoms with Crippen LogP contribution in [-0.2, 0) is 4.74 Å². The molecule has 0 spiro atoms. The van der Waals surface area contributed by atoms with E-state index >= 15 is 0 Å². The van der Waals surface area contributed by atoms with Crippen LogP contribution in [0.1, 0.15) is 39.3 Å². The molecule has 1 aromatic rings. The molecular weight excluding hydrogens is 316 g/mol. The molecular formula is C16H21ClN4O2. The van der Waals surface area contributed by atoms with E-state index < -0.39 is 5.60 Å². The van der Waals surface area contributed by atoms with Crippen LogP contribution in [-0.4, -0.2) is 39.7 Å². The fourth-order valence-electron chi connectivity index (χ4n) is 2.18. The van der Waals surface area contributed by atoms with Crippen molar-refractivity contribution < 1.29 is 9.53 Å². The van der Waals surface area contributed by atoms with Gasteiger partial charge in [0.25, 0.3) is 0 Å². The SMILES string of the molecule is CC(C)(C)OC(=O)N1CCC(C#Cc2ncc(Cl)nc2N)CC1. The van der Waals surface area contributed by atoms with Gasteiger partial charge in [0.05, 0.1) is 6.20 Å². The molecule has 0 aliphatic carbocycles. The number of hydrogen-bond donors (Lipinski definition) is 1. The van der Waals surface area contributed by atoms with E-state index in [0.29, 0.717) is 18.8 Å². The lowest BCUT2D eigenvalue weighted by Gasteiger charge is -2.31. The van der Waals surface area contributed by atoms with Crippen LogP contribution in [0, 0.1) is 17.8 Å². The minimum Gasteiger partial charge on any atom is -0.444 e. The van der Waals surface area contributed by atoms with Gasteiger partial charge in [0, 0.05) is 19.0 Å². The summed E-state index contributed by atoms with van der Waals surface area (Å²) < 4.78 is 5.37. The number of halogens is 1. The van der Waals surface area contributed by atoms with Crippen molar-refractivity contribution in [2.24, 2.45) is 5.92 Å². The van der Waals surface area contributed by atoms with Crippen LogP contribution in [0.4, 0.5) is 10.6 Å². The monoisotopic (exact) mass is 336 g/mol. The molecule has 1 fully saturated rings. The van der Waals surface area contributed by atoms with Gasteiger partial charge in [0.2, 0.25) is 0 Å². The first-order valence-corrected chi connectivity index (χ1v) is 7.90. The summed E-state index contributed by atoms with van der Waals surface area (Å²) in [5, 5.41) is 0.249. The summed E-state index contributed by atoms with van der Waals surface area (Å²) in [7, 11) is 0. The lowest BCUT2D eigenvalue weighted by molar-refractivity contribution is 0.0199. The number of nitrogens with two attached hydrogens (primary N) is 1. The average Bonchev–Trinajstić information content (AvgIpc) is 2.45. The highest BCUT2D eigenvalue weighted by atomic mass is 35.5. The maximum atomic E-state index is 12.0. The number of anilines is 1. The van der Waals surface area contributed by atoms with Gasteiger partial charge < -0.3 is 15.4 Å². The molecule has 23 heavy (non-hydrogen) atoms. The summed E-state index contributed by atoms with van der Waals surface area (Å²) in [5.74, 6) is 6.53. The van der Waals surface area contributed by atoms with Gasteiger partial charge in [-0.1, -0.05) is 17.5 Å². The first-order valence-electron chi connectivity index (χ1n) is 7.52. The first kappa shape index (κ1) is 17.4. The van der Waals surface area contributed by atoms with Crippen molar-refractivity contribution in [3.63, 3.8) is 0 Å². The summed E-state index contributed by atoms with van der Waals surface area (Å²) in [4.78, 5) is 21.7. The van der Waals surface area contributed by atoms with Gasteiger partial charge in [-0.3, -0.25) is 0 Å². The van der Waals surface area contributed by atoms with E-state index in [2.05, 4.69) is 21.8 Å². The summed E-state index contributed by atoms with van der Waals surface area (Å²) in [5.41, 5.74) is 5.69. The Kier molecular flexibility index (Phi) is 5.32. The van der Waals surface area contributed by atoms with E-state index in [-0.39, 0.29) is 23.0 Å². The quantitative estimate of drug-likeness (QED) is 0.737. The maximum absolute atomic E-state index is 12.0. The fraction of sp³-hybridized carbons (Fsp3) is 0.562. The topological polar surface area (TPSA) is 81.3 Å². The summed E-state index contributed by atoms with van der Waals surface area (Å²) in [6.07, 6.45) is 2.75. The van der Waals surface area contributed by atoms with E-state index in [9.17, 15) is 4.79 Å². The third-order valence-electron chi connectivity index (χ3n) is 3.31. The number of amides is 1. The van der Waals surface area contributed by atoms with Gasteiger partial charge in [-0.2, -0.15) is 0 Å². The Bertz CT molecular complexity index is 638. The number of rotatable bonds is 0. The summed E-state index contributed by atoms with van der Waals surface area (Å²) in [6, 6.07) is 0. The molecule has 0 aromatic carbocycles. The van der Waals surface area contributed by atoms with Crippen molar-refractivity contribution >= 4 is 23.5 Å². The molecule has 0 unspecified atom stereocenters. The van der Waals surface area contributed by atoms with Crippen LogP contribution in [0.5, 0.6) is 0 Å². The number of nitrogen functional groups attached to an aromatic ring is 1. The zero-order valence-corrected chi connectivity index (χ0v) is 14.4. The van der Waals surface area contributed by atoms with Gasteiger partial charge in [-0.15, -0.1) is 0 Å². The Hall–Kier alpha value is -2.00. The molecule has 1 amide bonds. The Balaban J connectivity index is 1.90. The Morgan fingerprint density at radius 1 is 1.43 bits per heavy atom. The highest BCUT2D eigenvalue weighted by Crippen LogP contribution is 2.19. The lowest BCUT2D eigenvalue weighted by atomic mass is 9.97. The second kappa shape index (κ2) is 7.05. The number of piperidine rings is 1. The molecule has 7 heteroatoms. The molecule has 0 bridgehead atoms. The third kappa shape index (κ3) is 5.29. The molecule has 0 radical (unpaired) electrons. The van der Waals surface area contributed by atoms with Crippen LogP contribution in [0.25, 0.3) is 0 Å². The van der Waals surface area contributed by atoms with Crippen molar-refractivity contribution in [3.8, 4) is 11.8 Å². The standard InChI is InChI=1S/C16H21ClN4O2/c1-16(2,3)23-15(22)21-8-6-11(7-9-21)4-5-12-14(18)20-13(17)10-19-12/h10-11H,6-9H2,1-3H3,(H2,18,20). The molecule has 2 heterocycles. The highest BCUT2D eigenvalue weighted by Gasteiger charge is 2.26. The normalized spacial score (nSPS) is 15.7. The van der Waals surface area contributed by atoms with Crippen molar-refractivity contribution in [1.29, 1.82) is 0 Å². The molecule has 1 saturated heterocycles. The molecule has 1 aliphatic rings. The molecule has 0 atom stereocenters. The number of likely N-dealkylation sites (tertiary alicyclic amines) is 1. The number of nitrogens with zero attached hydrogens (tertiary/aromatic N) is 3. The van der Waals surface area contributed by atoms with E-state index in [4.69, 9.17) is 22.1 Å². The van der Waals surface area contributed by atoms with Crippen LogP contribution in [0.3, 0.4) is 0 Å². The molecule has 2 rings (SSSR count). The van der Waals surface area contributed by atoms with E-state index in [1.54, 1.807) is 4.90 Å². The fourth-order valence-corrected chi connectivity index (χ4v) is 2.32. The van der Waals surface area contributed by atoms with Crippen LogP contribution < -0.4 is 5.73 Å². The second-order valence-electron chi connectivity index (χ2n) is 6.44. The van der Waals surface area contributed by atoms with E-state index in [1.165, 1.54) is 6.20 Å². The van der Waals surface area contributed by atoms with Crippen molar-refractivity contribution in [2.45, 2.75) is 39.2 Å². The number of hydrogen-bond acceptors (Lipinski definition) is 5. The number of carbonyl (C=O) groups excluding carboxylic acids is 1. The van der Waals surface area contributed by atoms with Crippen LogP contribution in [0.15, 0.2) is 6.20 Å². The summed E-state index contributed by atoms with van der Waals surface area (Å²) >= 11 is 5.71. The minimum atomic E-state index is -0.474. The largest absolute Gasteiger partial charge is 0.444 e. The third-order valence-corrected chi connectivity index (χ3v) is 3.49. The second-order valence-corrected chi connectivity index (χ2v) is 6.82. The van der Waals surface area contributed by atoms with Gasteiger partial charge in [0.1, 0.15) is 10.8 Å². The molecule has 0 saturated carbocycles. The molecule has 124 valence electrons. The Morgan fingerprint density at radius 3 is 2.65 bits per heavy atom. The van der Waals surface area contributed by atoms with Crippen molar-refractivity contribution in [2.75, 3.05) is 18.8 Å². The van der Waals surface area contributed by atoms with Crippen LogP contribution >= 0.6 is 11.6 Å². The predicted molar refractivity (Wildman–Crippen MR) is 88.9 cm³/mol. The minimum absolute atomic E-state index is 0.200. The number of carbonyl (C=O) groups is 1. The van der Waals surface area contributed by atoms with Gasteiger partial charge in [-0.05, 0) is 39.5 Å². The van der Waals surface area contributed by atoms with Crippen LogP contribution in [0.2, 0.25) is 5.15 Å². The average molecular weight is 337 g/mol. The molecule has 1 aromatic heterocycles. The smallest absolute Gasteiger partial charge is 0.410 e. The lowest BCUT2D eigenvalue weighted by Crippen LogP contribution is -2.41. The van der Waals surface area contributed by atoms with Gasteiger partial charge in [0.15, 0.2) is 11.5 Å². The van der Waals surface area contributed by atoms with Gasteiger partial charge in [-0.25, -0.2) is 14.8 Å². The highest BCUT2D eigenvalue weighted by molar-refractivity contribution is 6.29. The number of aromatic nitrogens is 2. The predicted octanol–water partition coefficient (Wildman–Crippen LogP) is 2.71. The Labute approximate surface area is 141 Å². The van der Waals surface area contributed by atoms with E-state index in [1.807, 2.05) is 20.8 Å². The van der Waals surface area contributed by atoms with Crippen molar-refractivity contribution in [1.82, 2.24) is 14.9 Å². The van der Waals surface area contributed by atoms with Gasteiger partial charge >= 0.3 is 6.09 Å². The molecule has 1 aliphatic heterocycles. The van der Waals surface area contributed by atoms with E-state index in [0.717, 1.165) is 12.8 Å². The summed E-state index contributed by atoms with van der Waals surface area (Å²) in [6.45, 7) is 6.86. The first-order chi connectivity index (χ1) is 10.7. The Morgan fingerprint density at radius 2 is 2.09 bits per heavy atom. The molecule has 6 nitrogen and oxygen atoms in total. The zero-order valence-electron chi connectivity index (χ0n) is 13.6. The van der Waals surface area contributed by atoms with Crippen molar-refractivity contribution in [3.05, 3.63) is 17.0 Å². The number of ether oxygens (including phenoxy) is 1.